The molecule has 0 aliphatic heterocycles. The maximum Gasteiger partial charge on any atom is 0.279 e. The maximum atomic E-state index is 11.9. The number of aliphatic hydroxyl groups excluding tert-OH is 1. The van der Waals surface area contributed by atoms with Crippen molar-refractivity contribution in [2.24, 2.45) is 0 Å². The van der Waals surface area contributed by atoms with E-state index in [-0.39, 0.29) is 26.4 Å². The van der Waals surface area contributed by atoms with Gasteiger partial charge in [0.2, 0.25) is 0 Å². The molecule has 6 nitrogen and oxygen atoms in total. The molecule has 0 aliphatic carbocycles. The van der Waals surface area contributed by atoms with Gasteiger partial charge in [-0.2, -0.15) is 17.4 Å². The molecule has 1 aromatic rings. The lowest BCUT2D eigenvalue weighted by Gasteiger charge is -2.17. The molecule has 0 amide bonds. The van der Waals surface area contributed by atoms with Crippen LogP contribution in [0.2, 0.25) is 0 Å². The zero-order valence-electron chi connectivity index (χ0n) is 10.9. The van der Waals surface area contributed by atoms with Gasteiger partial charge in [-0.3, -0.25) is 0 Å². The first-order valence-electron chi connectivity index (χ1n) is 5.99. The molecule has 0 aromatic heterocycles. The van der Waals surface area contributed by atoms with E-state index in [1.54, 1.807) is 0 Å². The molecule has 1 rings (SSSR count). The van der Waals surface area contributed by atoms with E-state index in [9.17, 15) is 8.42 Å². The van der Waals surface area contributed by atoms with E-state index >= 15 is 0 Å². The van der Waals surface area contributed by atoms with Crippen LogP contribution < -0.4 is 4.72 Å². The van der Waals surface area contributed by atoms with Gasteiger partial charge in [-0.05, 0) is 5.56 Å². The quantitative estimate of drug-likeness (QED) is 0.625. The standard InChI is InChI=1S/C12H20N2O4S/c1-14(11-12-5-3-2-4-6-12)19(16,17)13-7-9-18-10-8-15/h2-6,13,15H,7-11H2,1H3. The molecule has 0 saturated carbocycles. The number of nitrogens with one attached hydrogen (secondary N) is 1. The van der Waals surface area contributed by atoms with E-state index in [2.05, 4.69) is 4.72 Å². The van der Waals surface area contributed by atoms with Crippen molar-refractivity contribution >= 4 is 10.2 Å². The van der Waals surface area contributed by atoms with E-state index in [1.165, 1.54) is 11.4 Å². The summed E-state index contributed by atoms with van der Waals surface area (Å²) in [4.78, 5) is 0. The third kappa shape index (κ3) is 6.13. The van der Waals surface area contributed by atoms with Crippen LogP contribution in [-0.4, -0.2) is 51.2 Å². The fraction of sp³-hybridized carbons (Fsp3) is 0.500. The van der Waals surface area contributed by atoms with E-state index < -0.39 is 10.2 Å². The molecule has 0 spiro atoms. The molecule has 0 atom stereocenters. The molecule has 0 unspecified atom stereocenters. The lowest BCUT2D eigenvalue weighted by molar-refractivity contribution is 0.0960. The Balaban J connectivity index is 2.39. The van der Waals surface area contributed by atoms with E-state index in [1.807, 2.05) is 30.3 Å². The number of hydrogen-bond donors (Lipinski definition) is 2. The Kier molecular flexibility index (Phi) is 6.96. The van der Waals surface area contributed by atoms with Gasteiger partial charge in [0.25, 0.3) is 10.2 Å². The van der Waals surface area contributed by atoms with Crippen molar-refractivity contribution < 1.29 is 18.3 Å². The zero-order valence-corrected chi connectivity index (χ0v) is 11.8. The van der Waals surface area contributed by atoms with Crippen molar-refractivity contribution in [3.05, 3.63) is 35.9 Å². The highest BCUT2D eigenvalue weighted by atomic mass is 32.2. The number of nitrogens with zero attached hydrogens (tertiary/aromatic N) is 1. The second kappa shape index (κ2) is 8.23. The maximum absolute atomic E-state index is 11.9. The predicted molar refractivity (Wildman–Crippen MR) is 72.7 cm³/mol. The SMILES string of the molecule is CN(Cc1ccccc1)S(=O)(=O)NCCOCCO. The van der Waals surface area contributed by atoms with Crippen molar-refractivity contribution in [2.45, 2.75) is 6.54 Å². The number of hydrogen-bond acceptors (Lipinski definition) is 4. The Morgan fingerprint density at radius 1 is 1.26 bits per heavy atom. The minimum absolute atomic E-state index is 0.0688. The lowest BCUT2D eigenvalue weighted by atomic mass is 10.2. The fourth-order valence-electron chi connectivity index (χ4n) is 1.45. The van der Waals surface area contributed by atoms with Gasteiger partial charge >= 0.3 is 0 Å². The van der Waals surface area contributed by atoms with Crippen LogP contribution in [0.25, 0.3) is 0 Å². The highest BCUT2D eigenvalue weighted by Gasteiger charge is 2.16. The topological polar surface area (TPSA) is 78.9 Å². The largest absolute Gasteiger partial charge is 0.394 e. The summed E-state index contributed by atoms with van der Waals surface area (Å²) in [6.07, 6.45) is 0. The van der Waals surface area contributed by atoms with Gasteiger partial charge in [-0.1, -0.05) is 30.3 Å². The number of ether oxygens (including phenoxy) is 1. The summed E-state index contributed by atoms with van der Waals surface area (Å²) in [6, 6.07) is 9.36. The van der Waals surface area contributed by atoms with Crippen molar-refractivity contribution in [1.29, 1.82) is 0 Å². The molecule has 0 saturated heterocycles. The molecule has 1 aromatic carbocycles. The first-order chi connectivity index (χ1) is 9.06. The van der Waals surface area contributed by atoms with Crippen LogP contribution in [0, 0.1) is 0 Å². The summed E-state index contributed by atoms with van der Waals surface area (Å²) >= 11 is 0. The summed E-state index contributed by atoms with van der Waals surface area (Å²) in [5.41, 5.74) is 0.923. The van der Waals surface area contributed by atoms with Crippen molar-refractivity contribution in [2.75, 3.05) is 33.4 Å². The second-order valence-electron chi connectivity index (χ2n) is 3.98. The molecule has 0 aliphatic rings. The molecule has 0 radical (unpaired) electrons. The summed E-state index contributed by atoms with van der Waals surface area (Å²) in [5, 5.41) is 8.51. The number of aliphatic hydroxyl groups is 1. The first-order valence-corrected chi connectivity index (χ1v) is 7.43. The van der Waals surface area contributed by atoms with Crippen LogP contribution in [0.5, 0.6) is 0 Å². The van der Waals surface area contributed by atoms with Crippen LogP contribution in [0.3, 0.4) is 0 Å². The Hall–Kier alpha value is -0.990. The Bertz CT molecular complexity index is 450. The number of benzene rings is 1. The van der Waals surface area contributed by atoms with Crippen LogP contribution in [0.4, 0.5) is 0 Å². The van der Waals surface area contributed by atoms with Crippen LogP contribution in [-0.2, 0) is 21.5 Å². The Morgan fingerprint density at radius 2 is 1.95 bits per heavy atom. The second-order valence-corrected chi connectivity index (χ2v) is 5.84. The summed E-state index contributed by atoms with van der Waals surface area (Å²) in [5.74, 6) is 0. The highest BCUT2D eigenvalue weighted by molar-refractivity contribution is 7.87. The molecule has 2 N–H and O–H groups in total. The van der Waals surface area contributed by atoms with Gasteiger partial charge in [0, 0.05) is 20.1 Å². The van der Waals surface area contributed by atoms with Crippen LogP contribution >= 0.6 is 0 Å². The van der Waals surface area contributed by atoms with E-state index in [0.29, 0.717) is 6.54 Å². The fourth-order valence-corrected chi connectivity index (χ4v) is 2.33. The minimum atomic E-state index is -3.50. The molecule has 0 bridgehead atoms. The average Bonchev–Trinajstić information content (AvgIpc) is 2.39. The average molecular weight is 288 g/mol. The Labute approximate surface area is 114 Å². The third-order valence-corrected chi connectivity index (χ3v) is 3.94. The third-order valence-electron chi connectivity index (χ3n) is 2.42. The van der Waals surface area contributed by atoms with Crippen LogP contribution in [0.1, 0.15) is 5.56 Å². The van der Waals surface area contributed by atoms with Crippen molar-refractivity contribution in [3.8, 4) is 0 Å². The monoisotopic (exact) mass is 288 g/mol. The smallest absolute Gasteiger partial charge is 0.279 e. The van der Waals surface area contributed by atoms with Gasteiger partial charge in [-0.15, -0.1) is 0 Å². The van der Waals surface area contributed by atoms with Gasteiger partial charge in [0.15, 0.2) is 0 Å². The molecule has 0 fully saturated rings. The molecular weight excluding hydrogens is 268 g/mol. The van der Waals surface area contributed by atoms with E-state index in [0.717, 1.165) is 5.56 Å². The van der Waals surface area contributed by atoms with E-state index in [4.69, 9.17) is 9.84 Å². The van der Waals surface area contributed by atoms with Crippen LogP contribution in [0.15, 0.2) is 30.3 Å². The molecule has 7 heteroatoms. The molecular formula is C12H20N2O4S. The highest BCUT2D eigenvalue weighted by Crippen LogP contribution is 2.05. The lowest BCUT2D eigenvalue weighted by Crippen LogP contribution is -2.39. The minimum Gasteiger partial charge on any atom is -0.394 e. The molecule has 19 heavy (non-hydrogen) atoms. The zero-order chi connectivity index (χ0) is 14.1. The van der Waals surface area contributed by atoms with Gasteiger partial charge in [0.05, 0.1) is 19.8 Å². The van der Waals surface area contributed by atoms with Crippen molar-refractivity contribution in [3.63, 3.8) is 0 Å². The summed E-state index contributed by atoms with van der Waals surface area (Å²) in [6.45, 7) is 0.871. The molecule has 0 heterocycles. The summed E-state index contributed by atoms with van der Waals surface area (Å²) in [7, 11) is -1.99. The van der Waals surface area contributed by atoms with Crippen molar-refractivity contribution in [1.82, 2.24) is 9.03 Å². The predicted octanol–water partition coefficient (Wildman–Crippen LogP) is -0.0383. The normalized spacial score (nSPS) is 11.9. The van der Waals surface area contributed by atoms with Gasteiger partial charge < -0.3 is 9.84 Å². The van der Waals surface area contributed by atoms with Gasteiger partial charge in [-0.25, -0.2) is 0 Å². The van der Waals surface area contributed by atoms with Gasteiger partial charge in [0.1, 0.15) is 0 Å². The Morgan fingerprint density at radius 3 is 2.58 bits per heavy atom. The summed E-state index contributed by atoms with van der Waals surface area (Å²) < 4.78 is 32.4. The number of rotatable bonds is 9. The first kappa shape index (κ1) is 16.1. The molecule has 108 valence electrons.